The summed E-state index contributed by atoms with van der Waals surface area (Å²) in [5.74, 6) is 0.375. The van der Waals surface area contributed by atoms with E-state index < -0.39 is 5.82 Å². The molecule has 2 aromatic heterocycles. The third-order valence-electron chi connectivity index (χ3n) is 6.33. The van der Waals surface area contributed by atoms with Crippen LogP contribution in [0.2, 0.25) is 0 Å². The zero-order chi connectivity index (χ0) is 23.1. The topological polar surface area (TPSA) is 70.6 Å². The molecule has 2 aliphatic heterocycles. The number of halogens is 1. The smallest absolute Gasteiger partial charge is 0.260 e. The number of aromatic nitrogens is 2. The van der Waals surface area contributed by atoms with Gasteiger partial charge in [-0.25, -0.2) is 9.37 Å². The summed E-state index contributed by atoms with van der Waals surface area (Å²) >= 11 is 0. The molecule has 2 aliphatic rings. The number of ether oxygens (including phenoxy) is 1. The van der Waals surface area contributed by atoms with E-state index in [1.807, 2.05) is 13.0 Å². The Kier molecular flexibility index (Phi) is 5.46. The number of amides is 1. The summed E-state index contributed by atoms with van der Waals surface area (Å²) in [5.41, 5.74) is 4.97. The highest BCUT2D eigenvalue weighted by Gasteiger charge is 2.34. The van der Waals surface area contributed by atoms with Crippen LogP contribution >= 0.6 is 0 Å². The predicted molar refractivity (Wildman–Crippen MR) is 125 cm³/mol. The van der Waals surface area contributed by atoms with E-state index in [4.69, 9.17) is 9.72 Å². The van der Waals surface area contributed by atoms with Crippen molar-refractivity contribution >= 4 is 17.4 Å². The van der Waals surface area contributed by atoms with Crippen LogP contribution in [0, 0.1) is 19.7 Å². The van der Waals surface area contributed by atoms with Crippen LogP contribution in [-0.4, -0.2) is 49.2 Å². The summed E-state index contributed by atoms with van der Waals surface area (Å²) in [6.45, 7) is 8.05. The van der Waals surface area contributed by atoms with Gasteiger partial charge in [-0.05, 0) is 43.7 Å². The molecule has 0 saturated carbocycles. The van der Waals surface area contributed by atoms with Crippen LogP contribution in [-0.2, 0) is 6.54 Å². The molecule has 1 saturated heterocycles. The number of hydrogen-bond acceptors (Lipinski definition) is 6. The summed E-state index contributed by atoms with van der Waals surface area (Å²) in [6.07, 6.45) is 1.54. The Hall–Kier alpha value is -3.52. The molecular weight excluding hydrogens is 421 g/mol. The van der Waals surface area contributed by atoms with Crippen molar-refractivity contribution in [2.45, 2.75) is 20.4 Å². The second kappa shape index (κ2) is 8.44. The molecule has 3 aromatic rings. The molecule has 170 valence electrons. The fraction of sp³-hybridized carbons (Fsp3) is 0.320. The lowest BCUT2D eigenvalue weighted by Crippen LogP contribution is -2.44. The average Bonchev–Trinajstić information content (AvgIpc) is 3.16. The van der Waals surface area contributed by atoms with Crippen molar-refractivity contribution in [2.75, 3.05) is 43.1 Å². The number of benzene rings is 1. The number of nitrogens with zero attached hydrogens (tertiary/aromatic N) is 4. The average molecular weight is 448 g/mol. The van der Waals surface area contributed by atoms with Crippen molar-refractivity contribution in [1.82, 2.24) is 15.3 Å². The Balaban J connectivity index is 1.54. The normalized spacial score (nSPS) is 15.7. The molecular formula is C25H26FN5O2. The standard InChI is InChI=1S/C25H26FN5O2/c1-15-13-21(29-16(2)24(15)30-11-9-27-10-12-30)31-14-18-17(25(31)32)7-8-28-23(18)22-19(26)5-4-6-20(22)33-3/h4-8,13,27H,9-12,14H2,1-3H3. The van der Waals surface area contributed by atoms with Crippen molar-refractivity contribution in [1.29, 1.82) is 0 Å². The molecule has 0 radical (unpaired) electrons. The number of anilines is 2. The lowest BCUT2D eigenvalue weighted by Gasteiger charge is -2.32. The minimum atomic E-state index is -0.439. The first-order valence-corrected chi connectivity index (χ1v) is 11.1. The third-order valence-corrected chi connectivity index (χ3v) is 6.33. The Morgan fingerprint density at radius 2 is 1.94 bits per heavy atom. The van der Waals surface area contributed by atoms with E-state index in [1.54, 1.807) is 29.3 Å². The maximum Gasteiger partial charge on any atom is 0.260 e. The minimum Gasteiger partial charge on any atom is -0.496 e. The van der Waals surface area contributed by atoms with Crippen LogP contribution in [0.1, 0.15) is 27.2 Å². The maximum atomic E-state index is 14.8. The Bertz CT molecular complexity index is 1220. The monoisotopic (exact) mass is 447 g/mol. The maximum absolute atomic E-state index is 14.8. The highest BCUT2D eigenvalue weighted by atomic mass is 19.1. The second-order valence-corrected chi connectivity index (χ2v) is 8.36. The first-order valence-electron chi connectivity index (χ1n) is 11.1. The lowest BCUT2D eigenvalue weighted by molar-refractivity contribution is 0.0996. The summed E-state index contributed by atoms with van der Waals surface area (Å²) < 4.78 is 20.2. The van der Waals surface area contributed by atoms with Crippen molar-refractivity contribution < 1.29 is 13.9 Å². The first-order chi connectivity index (χ1) is 16.0. The first kappa shape index (κ1) is 21.3. The second-order valence-electron chi connectivity index (χ2n) is 8.36. The van der Waals surface area contributed by atoms with E-state index in [0.717, 1.165) is 43.1 Å². The van der Waals surface area contributed by atoms with Crippen molar-refractivity contribution in [3.8, 4) is 17.0 Å². The Labute approximate surface area is 192 Å². The predicted octanol–water partition coefficient (Wildman–Crippen LogP) is 3.48. The summed E-state index contributed by atoms with van der Waals surface area (Å²) in [4.78, 5) is 26.6. The number of pyridine rings is 2. The quantitative estimate of drug-likeness (QED) is 0.661. The highest BCUT2D eigenvalue weighted by molar-refractivity contribution is 6.10. The van der Waals surface area contributed by atoms with Gasteiger partial charge in [0.15, 0.2) is 0 Å². The zero-order valence-electron chi connectivity index (χ0n) is 19.0. The van der Waals surface area contributed by atoms with Gasteiger partial charge in [0.25, 0.3) is 5.91 Å². The number of piperazine rings is 1. The van der Waals surface area contributed by atoms with Gasteiger partial charge in [-0.2, -0.15) is 0 Å². The largest absolute Gasteiger partial charge is 0.496 e. The number of aryl methyl sites for hydroxylation is 2. The van der Waals surface area contributed by atoms with Crippen LogP contribution in [0.25, 0.3) is 11.3 Å². The number of methoxy groups -OCH3 is 1. The van der Waals surface area contributed by atoms with Crippen LogP contribution < -0.4 is 19.9 Å². The Morgan fingerprint density at radius 1 is 1.15 bits per heavy atom. The van der Waals surface area contributed by atoms with E-state index in [9.17, 15) is 9.18 Å². The number of hydrogen-bond donors (Lipinski definition) is 1. The van der Waals surface area contributed by atoms with Crippen molar-refractivity contribution in [3.05, 3.63) is 64.7 Å². The molecule has 0 atom stereocenters. The van der Waals surface area contributed by atoms with E-state index in [2.05, 4.69) is 22.1 Å². The van der Waals surface area contributed by atoms with Gasteiger partial charge in [-0.3, -0.25) is 14.7 Å². The number of fused-ring (bicyclic) bond motifs is 1. The molecule has 4 heterocycles. The molecule has 33 heavy (non-hydrogen) atoms. The molecule has 1 N–H and O–H groups in total. The van der Waals surface area contributed by atoms with Crippen LogP contribution in [0.4, 0.5) is 15.9 Å². The number of carbonyl (C=O) groups excluding carboxylic acids is 1. The summed E-state index contributed by atoms with van der Waals surface area (Å²) in [7, 11) is 1.49. The number of carbonyl (C=O) groups is 1. The summed E-state index contributed by atoms with van der Waals surface area (Å²) in [5, 5.41) is 3.37. The van der Waals surface area contributed by atoms with Gasteiger partial charge in [-0.15, -0.1) is 0 Å². The fourth-order valence-electron chi connectivity index (χ4n) is 4.84. The lowest BCUT2D eigenvalue weighted by atomic mass is 10.0. The van der Waals surface area contributed by atoms with Gasteiger partial charge in [0.2, 0.25) is 0 Å². The number of rotatable bonds is 4. The van der Waals surface area contributed by atoms with Crippen LogP contribution in [0.15, 0.2) is 36.5 Å². The molecule has 8 heteroatoms. The van der Waals surface area contributed by atoms with Crippen molar-refractivity contribution in [2.24, 2.45) is 0 Å². The molecule has 7 nitrogen and oxygen atoms in total. The summed E-state index contributed by atoms with van der Waals surface area (Å²) in [6, 6.07) is 8.30. The van der Waals surface area contributed by atoms with E-state index in [1.165, 1.54) is 13.2 Å². The van der Waals surface area contributed by atoms with Gasteiger partial charge in [0.1, 0.15) is 17.4 Å². The molecule has 0 spiro atoms. The molecule has 0 aliphatic carbocycles. The van der Waals surface area contributed by atoms with E-state index in [-0.39, 0.29) is 18.0 Å². The molecule has 5 rings (SSSR count). The fourth-order valence-corrected chi connectivity index (χ4v) is 4.84. The molecule has 1 fully saturated rings. The highest BCUT2D eigenvalue weighted by Crippen LogP contribution is 2.39. The zero-order valence-corrected chi connectivity index (χ0v) is 19.0. The SMILES string of the molecule is COc1cccc(F)c1-c1nccc2c1CN(c1cc(C)c(N3CCNCC3)c(C)n1)C2=O. The minimum absolute atomic E-state index is 0.162. The third kappa shape index (κ3) is 3.60. The molecule has 1 aromatic carbocycles. The molecule has 0 bridgehead atoms. The van der Waals surface area contributed by atoms with E-state index >= 15 is 0 Å². The molecule has 1 amide bonds. The van der Waals surface area contributed by atoms with E-state index in [0.29, 0.717) is 28.4 Å². The van der Waals surface area contributed by atoms with Gasteiger partial charge >= 0.3 is 0 Å². The van der Waals surface area contributed by atoms with Crippen LogP contribution in [0.3, 0.4) is 0 Å². The Morgan fingerprint density at radius 3 is 2.67 bits per heavy atom. The van der Waals surface area contributed by atoms with Crippen molar-refractivity contribution in [3.63, 3.8) is 0 Å². The number of nitrogens with one attached hydrogen (secondary N) is 1. The van der Waals surface area contributed by atoms with Crippen LogP contribution in [0.5, 0.6) is 5.75 Å². The van der Waals surface area contributed by atoms with Gasteiger partial charge in [-0.1, -0.05) is 6.07 Å². The van der Waals surface area contributed by atoms with Gasteiger partial charge in [0.05, 0.1) is 36.3 Å². The molecule has 0 unspecified atom stereocenters. The van der Waals surface area contributed by atoms with Gasteiger partial charge < -0.3 is 15.0 Å². The van der Waals surface area contributed by atoms with Gasteiger partial charge in [0, 0.05) is 43.5 Å².